The molecule has 1 aromatic heterocycles. The Hall–Kier alpha value is -3.13. The van der Waals surface area contributed by atoms with E-state index in [1.807, 2.05) is 36.4 Å². The molecule has 4 heterocycles. The second-order valence-electron chi connectivity index (χ2n) is 7.65. The van der Waals surface area contributed by atoms with E-state index >= 15 is 0 Å². The van der Waals surface area contributed by atoms with Crippen LogP contribution in [-0.2, 0) is 20.9 Å². The zero-order chi connectivity index (χ0) is 20.2. The number of amides is 2. The number of nitrogens with zero attached hydrogens (tertiary/aromatic N) is 2. The molecule has 2 aromatic rings. The lowest BCUT2D eigenvalue weighted by Crippen LogP contribution is -2.44. The molecule has 150 valence electrons. The second kappa shape index (κ2) is 6.45. The minimum absolute atomic E-state index is 0.164. The summed E-state index contributed by atoms with van der Waals surface area (Å²) in [5, 5.41) is 6.91. The van der Waals surface area contributed by atoms with E-state index in [2.05, 4.69) is 10.5 Å². The van der Waals surface area contributed by atoms with Gasteiger partial charge in [0.2, 0.25) is 11.8 Å². The zero-order valence-corrected chi connectivity index (χ0v) is 16.1. The number of ether oxygens (including phenoxy) is 2. The van der Waals surface area contributed by atoms with Crippen LogP contribution in [0.15, 0.2) is 47.0 Å². The summed E-state index contributed by atoms with van der Waals surface area (Å²) in [7, 11) is 1.59. The van der Waals surface area contributed by atoms with Crippen LogP contribution in [0.4, 0.5) is 5.82 Å². The summed E-state index contributed by atoms with van der Waals surface area (Å²) >= 11 is 0. The monoisotopic (exact) mass is 395 g/mol. The highest BCUT2D eigenvalue weighted by molar-refractivity contribution is 6.02. The Labute approximate surface area is 167 Å². The van der Waals surface area contributed by atoms with Crippen molar-refractivity contribution in [3.8, 4) is 5.75 Å². The molecule has 2 amide bonds. The molecule has 2 saturated heterocycles. The van der Waals surface area contributed by atoms with Crippen molar-refractivity contribution in [1.29, 1.82) is 0 Å². The fourth-order valence-corrected chi connectivity index (χ4v) is 4.62. The predicted octanol–water partition coefficient (Wildman–Crippen LogP) is 1.59. The number of hydrogen-bond donors (Lipinski definition) is 1. The molecule has 0 unspecified atom stereocenters. The molecule has 8 heteroatoms. The molecule has 1 aromatic carbocycles. The Bertz CT molecular complexity index is 1020. The van der Waals surface area contributed by atoms with Crippen molar-refractivity contribution in [2.24, 2.45) is 11.8 Å². The Kier molecular flexibility index (Phi) is 3.99. The highest BCUT2D eigenvalue weighted by Gasteiger charge is 2.67. The maximum Gasteiger partial charge on any atom is 0.235 e. The molecule has 0 aliphatic carbocycles. The summed E-state index contributed by atoms with van der Waals surface area (Å²) in [4.78, 5) is 27.8. The number of benzene rings is 1. The summed E-state index contributed by atoms with van der Waals surface area (Å²) in [5.74, 6) is 0.246. The smallest absolute Gasteiger partial charge is 0.235 e. The Morgan fingerprint density at radius 3 is 3.00 bits per heavy atom. The van der Waals surface area contributed by atoms with E-state index in [4.69, 9.17) is 14.0 Å². The molecule has 0 radical (unpaired) electrons. The van der Waals surface area contributed by atoms with Gasteiger partial charge in [-0.05, 0) is 13.0 Å². The fraction of sp³-hybridized carbons (Fsp3) is 0.381. The number of aromatic nitrogens is 1. The van der Waals surface area contributed by atoms with E-state index in [0.717, 1.165) is 5.56 Å². The third-order valence-electron chi connectivity index (χ3n) is 5.94. The number of anilines is 1. The van der Waals surface area contributed by atoms with E-state index < -0.39 is 23.5 Å². The lowest BCUT2D eigenvalue weighted by Gasteiger charge is -2.23. The van der Waals surface area contributed by atoms with Crippen molar-refractivity contribution >= 4 is 17.6 Å². The van der Waals surface area contributed by atoms with Gasteiger partial charge in [-0.3, -0.25) is 14.5 Å². The van der Waals surface area contributed by atoms with Gasteiger partial charge < -0.3 is 19.3 Å². The Morgan fingerprint density at radius 2 is 2.24 bits per heavy atom. The summed E-state index contributed by atoms with van der Waals surface area (Å²) in [6, 6.07) is 9.22. The molecule has 0 saturated carbocycles. The van der Waals surface area contributed by atoms with Crippen LogP contribution in [0.2, 0.25) is 0 Å². The normalized spacial score (nSPS) is 29.4. The van der Waals surface area contributed by atoms with Crippen LogP contribution >= 0.6 is 0 Å². The molecule has 2 bridgehead atoms. The number of carbonyl (C=O) groups is 2. The van der Waals surface area contributed by atoms with Gasteiger partial charge in [0, 0.05) is 18.2 Å². The van der Waals surface area contributed by atoms with Gasteiger partial charge >= 0.3 is 0 Å². The largest absolute Gasteiger partial charge is 0.496 e. The molecule has 5 rings (SSSR count). The molecular weight excluding hydrogens is 374 g/mol. The summed E-state index contributed by atoms with van der Waals surface area (Å²) in [6.07, 6.45) is 3.40. The first-order valence-corrected chi connectivity index (χ1v) is 9.54. The lowest BCUT2D eigenvalue weighted by atomic mass is 9.77. The number of aryl methyl sites for hydroxylation is 1. The van der Waals surface area contributed by atoms with Gasteiger partial charge in [-0.2, -0.15) is 0 Å². The van der Waals surface area contributed by atoms with E-state index in [9.17, 15) is 9.59 Å². The van der Waals surface area contributed by atoms with E-state index in [0.29, 0.717) is 30.4 Å². The molecule has 29 heavy (non-hydrogen) atoms. The lowest BCUT2D eigenvalue weighted by molar-refractivity contribution is -0.132. The number of fused-ring (bicyclic) bond motifs is 1. The van der Waals surface area contributed by atoms with Gasteiger partial charge in [-0.1, -0.05) is 35.5 Å². The van der Waals surface area contributed by atoms with E-state index in [1.54, 1.807) is 25.0 Å². The van der Waals surface area contributed by atoms with Crippen LogP contribution in [0, 0.1) is 18.8 Å². The number of methoxy groups -OCH3 is 1. The van der Waals surface area contributed by atoms with Crippen molar-refractivity contribution in [3.05, 3.63) is 53.8 Å². The minimum Gasteiger partial charge on any atom is -0.496 e. The number of hydrogen-bond acceptors (Lipinski definition) is 6. The topological polar surface area (TPSA) is 93.9 Å². The number of rotatable bonds is 5. The molecule has 8 nitrogen and oxygen atoms in total. The Morgan fingerprint density at radius 1 is 1.41 bits per heavy atom. The minimum atomic E-state index is -0.791. The third kappa shape index (κ3) is 2.66. The highest BCUT2D eigenvalue weighted by Crippen LogP contribution is 2.52. The molecule has 4 atom stereocenters. The first-order valence-electron chi connectivity index (χ1n) is 9.54. The quantitative estimate of drug-likeness (QED) is 0.773. The van der Waals surface area contributed by atoms with Crippen LogP contribution in [0.25, 0.3) is 0 Å². The van der Waals surface area contributed by atoms with Crippen LogP contribution in [0.3, 0.4) is 0 Å². The zero-order valence-electron chi connectivity index (χ0n) is 16.1. The fourth-order valence-electron chi connectivity index (χ4n) is 4.62. The molecule has 3 aliphatic heterocycles. The molecular formula is C21H21N3O5. The van der Waals surface area contributed by atoms with Crippen molar-refractivity contribution in [2.75, 3.05) is 18.6 Å². The first kappa shape index (κ1) is 17.9. The third-order valence-corrected chi connectivity index (χ3v) is 5.94. The van der Waals surface area contributed by atoms with Crippen LogP contribution in [0.1, 0.15) is 11.3 Å². The Balaban J connectivity index is 1.37. The van der Waals surface area contributed by atoms with Gasteiger partial charge in [0.15, 0.2) is 5.82 Å². The van der Waals surface area contributed by atoms with Gasteiger partial charge in [0.1, 0.15) is 17.1 Å². The average molecular weight is 395 g/mol. The van der Waals surface area contributed by atoms with Crippen molar-refractivity contribution in [2.45, 2.75) is 25.2 Å². The van der Waals surface area contributed by atoms with Crippen LogP contribution in [0.5, 0.6) is 5.75 Å². The molecule has 3 aliphatic rings. The van der Waals surface area contributed by atoms with Crippen LogP contribution < -0.4 is 15.0 Å². The SMILES string of the molecule is COc1ccccc1CNC(=O)[C@@H]1[C@H]2C=C[C@@]3(CN(c4cc(C)on4)C(=O)[C@@H]13)O2. The maximum atomic E-state index is 13.2. The average Bonchev–Trinajstić information content (AvgIpc) is 3.47. The summed E-state index contributed by atoms with van der Waals surface area (Å²) in [5.41, 5.74) is 0.0799. The number of nitrogens with one attached hydrogen (secondary N) is 1. The van der Waals surface area contributed by atoms with Crippen LogP contribution in [-0.4, -0.2) is 42.3 Å². The summed E-state index contributed by atoms with van der Waals surface area (Å²) < 4.78 is 16.6. The van der Waals surface area contributed by atoms with Gasteiger partial charge in [-0.25, -0.2) is 0 Å². The van der Waals surface area contributed by atoms with Crippen molar-refractivity contribution < 1.29 is 23.6 Å². The first-order chi connectivity index (χ1) is 14.0. The van der Waals surface area contributed by atoms with Crippen molar-refractivity contribution in [1.82, 2.24) is 10.5 Å². The maximum absolute atomic E-state index is 13.2. The molecule has 2 fully saturated rings. The highest BCUT2D eigenvalue weighted by atomic mass is 16.5. The van der Waals surface area contributed by atoms with Crippen molar-refractivity contribution in [3.63, 3.8) is 0 Å². The van der Waals surface area contributed by atoms with Gasteiger partial charge in [0.05, 0.1) is 31.6 Å². The van der Waals surface area contributed by atoms with Gasteiger partial charge in [-0.15, -0.1) is 0 Å². The second-order valence-corrected chi connectivity index (χ2v) is 7.65. The number of para-hydroxylation sites is 1. The molecule has 1 spiro atoms. The number of carbonyl (C=O) groups excluding carboxylic acids is 2. The predicted molar refractivity (Wildman–Crippen MR) is 102 cm³/mol. The van der Waals surface area contributed by atoms with E-state index in [1.165, 1.54) is 0 Å². The summed E-state index contributed by atoms with van der Waals surface area (Å²) in [6.45, 7) is 2.41. The van der Waals surface area contributed by atoms with Gasteiger partial charge in [0.25, 0.3) is 0 Å². The molecule has 1 N–H and O–H groups in total. The van der Waals surface area contributed by atoms with E-state index in [-0.39, 0.29) is 11.8 Å². The standard InChI is InChI=1S/C21H21N3O5/c1-12-9-16(23-29-12)24-11-21-8-7-15(28-21)17(18(21)20(24)26)19(25)22-10-13-5-3-4-6-14(13)27-2/h3-9,15,17-18H,10-11H2,1-2H3,(H,22,25)/t15-,17-,18-,21+/m1/s1.